The van der Waals surface area contributed by atoms with Crippen molar-refractivity contribution in [1.29, 1.82) is 0 Å². The lowest BCUT2D eigenvalue weighted by Gasteiger charge is -2.20. The molecule has 0 spiro atoms. The Morgan fingerprint density at radius 3 is 1.25 bits per heavy atom. The molecule has 0 aromatic carbocycles. The molecule has 0 aliphatic rings. The summed E-state index contributed by atoms with van der Waals surface area (Å²) in [6.45, 7) is 4.82. The average Bonchev–Trinajstić information content (AvgIpc) is 3.29. The summed E-state index contributed by atoms with van der Waals surface area (Å²) in [4.78, 5) is 24.5. The molecule has 2 unspecified atom stereocenters. The number of hydrogen-bond donors (Lipinski definition) is 3. The molecule has 0 aliphatic carbocycles. The number of allylic oxidation sites excluding steroid dienone is 5. The Balaban J connectivity index is 3.49. The fourth-order valence-corrected chi connectivity index (χ4v) is 8.55. The molecule has 3 N–H and O–H groups in total. The largest absolute Gasteiger partial charge is 0.466 e. The van der Waals surface area contributed by atoms with Crippen LogP contribution in [0, 0.1) is 0 Å². The molecule has 0 saturated carbocycles. The number of rotatable bonds is 52. The maximum Gasteiger partial charge on any atom is 0.305 e. The van der Waals surface area contributed by atoms with Gasteiger partial charge in [-0.15, -0.1) is 0 Å². The van der Waals surface area contributed by atoms with Crippen LogP contribution in [0.15, 0.2) is 36.5 Å². The molecule has 64 heavy (non-hydrogen) atoms. The summed E-state index contributed by atoms with van der Waals surface area (Å²) < 4.78 is 5.45. The van der Waals surface area contributed by atoms with Gasteiger partial charge in [-0.05, 0) is 57.8 Å². The van der Waals surface area contributed by atoms with E-state index in [1.807, 2.05) is 6.08 Å². The fourth-order valence-electron chi connectivity index (χ4n) is 8.55. The molecule has 6 nitrogen and oxygen atoms in total. The van der Waals surface area contributed by atoms with Crippen molar-refractivity contribution < 1.29 is 24.5 Å². The van der Waals surface area contributed by atoms with Crippen molar-refractivity contribution >= 4 is 11.9 Å². The molecule has 6 heteroatoms. The molecule has 0 aliphatic heterocycles. The molecule has 0 heterocycles. The van der Waals surface area contributed by atoms with E-state index in [0.717, 1.165) is 70.6 Å². The van der Waals surface area contributed by atoms with Crippen LogP contribution < -0.4 is 5.32 Å². The zero-order chi connectivity index (χ0) is 46.5. The predicted octanol–water partition coefficient (Wildman–Crippen LogP) is 17.2. The van der Waals surface area contributed by atoms with Gasteiger partial charge in [0.2, 0.25) is 5.91 Å². The number of aliphatic hydroxyl groups is 2. The van der Waals surface area contributed by atoms with Gasteiger partial charge in [-0.1, -0.05) is 262 Å². The smallest absolute Gasteiger partial charge is 0.305 e. The molecule has 0 rings (SSSR count). The molecule has 0 saturated heterocycles. The van der Waals surface area contributed by atoms with Gasteiger partial charge in [0.15, 0.2) is 0 Å². The van der Waals surface area contributed by atoms with E-state index in [1.54, 1.807) is 6.08 Å². The molecule has 0 aromatic heterocycles. The van der Waals surface area contributed by atoms with Crippen LogP contribution in [0.2, 0.25) is 0 Å². The standard InChI is InChI=1S/C58H109NO5/c1-3-5-7-9-11-13-15-17-18-19-20-21-22-23-27-30-34-38-42-46-50-56(61)55(54-60)59-57(62)51-47-43-39-35-31-28-24-25-29-33-37-41-45-49-53-64-58(63)52-48-44-40-36-32-26-16-14-12-10-8-6-4-2/h8,10,14,16,46,50,55-56,60-61H,3-7,9,11-13,15,17-45,47-49,51-54H2,1-2H3,(H,59,62)/b10-8-,16-14-,50-46+. The van der Waals surface area contributed by atoms with E-state index in [2.05, 4.69) is 43.5 Å². The van der Waals surface area contributed by atoms with E-state index in [-0.39, 0.29) is 18.5 Å². The highest BCUT2D eigenvalue weighted by atomic mass is 16.5. The lowest BCUT2D eigenvalue weighted by Crippen LogP contribution is -2.45. The first-order valence-electron chi connectivity index (χ1n) is 28.3. The summed E-state index contributed by atoms with van der Waals surface area (Å²) in [6, 6.07) is -0.637. The fraction of sp³-hybridized carbons (Fsp3) is 0.862. The van der Waals surface area contributed by atoms with Crippen LogP contribution >= 0.6 is 0 Å². The molecule has 2 atom stereocenters. The monoisotopic (exact) mass is 900 g/mol. The highest BCUT2D eigenvalue weighted by Gasteiger charge is 2.18. The second kappa shape index (κ2) is 53.7. The van der Waals surface area contributed by atoms with Gasteiger partial charge >= 0.3 is 5.97 Å². The van der Waals surface area contributed by atoms with Crippen LogP contribution in [0.4, 0.5) is 0 Å². The summed E-state index contributed by atoms with van der Waals surface area (Å²) in [7, 11) is 0. The number of unbranched alkanes of at least 4 members (excludes halogenated alkanes) is 37. The minimum atomic E-state index is -0.853. The molecular weight excluding hydrogens is 791 g/mol. The van der Waals surface area contributed by atoms with Crippen LogP contribution in [0.1, 0.15) is 296 Å². The Morgan fingerprint density at radius 1 is 0.438 bits per heavy atom. The first kappa shape index (κ1) is 62.1. The molecule has 376 valence electrons. The van der Waals surface area contributed by atoms with Gasteiger partial charge in [0.05, 0.1) is 25.4 Å². The highest BCUT2D eigenvalue weighted by molar-refractivity contribution is 5.76. The van der Waals surface area contributed by atoms with Crippen molar-refractivity contribution in [3.63, 3.8) is 0 Å². The number of amides is 1. The zero-order valence-corrected chi connectivity index (χ0v) is 42.8. The van der Waals surface area contributed by atoms with E-state index in [0.29, 0.717) is 19.4 Å². The predicted molar refractivity (Wildman–Crippen MR) is 278 cm³/mol. The molecule has 0 aromatic rings. The second-order valence-electron chi connectivity index (χ2n) is 19.3. The molecule has 0 bridgehead atoms. The molecule has 0 fully saturated rings. The third-order valence-electron chi connectivity index (χ3n) is 12.9. The van der Waals surface area contributed by atoms with Crippen molar-refractivity contribution in [3.8, 4) is 0 Å². The topological polar surface area (TPSA) is 95.9 Å². The van der Waals surface area contributed by atoms with Gasteiger partial charge in [0, 0.05) is 12.8 Å². The van der Waals surface area contributed by atoms with Crippen molar-refractivity contribution in [3.05, 3.63) is 36.5 Å². The first-order chi connectivity index (χ1) is 31.5. The maximum absolute atomic E-state index is 12.5. The van der Waals surface area contributed by atoms with Crippen LogP contribution in [0.25, 0.3) is 0 Å². The summed E-state index contributed by atoms with van der Waals surface area (Å²) in [5, 5.41) is 23.2. The summed E-state index contributed by atoms with van der Waals surface area (Å²) in [6.07, 6.45) is 65.8. The van der Waals surface area contributed by atoms with Gasteiger partial charge in [-0.3, -0.25) is 9.59 Å². The zero-order valence-electron chi connectivity index (χ0n) is 42.8. The Hall–Kier alpha value is -1.92. The minimum absolute atomic E-state index is 0.0188. The van der Waals surface area contributed by atoms with E-state index in [1.165, 1.54) is 199 Å². The number of hydrogen-bond acceptors (Lipinski definition) is 5. The average molecular weight is 901 g/mol. The number of carbonyl (C=O) groups is 2. The SMILES string of the molecule is CCC/C=C\C/C=C\CCCCCCCC(=O)OCCCCCCCCCCCCCCCCC(=O)NC(CO)C(O)/C=C/CCCCCCCCCCCCCCCCCCCC. The van der Waals surface area contributed by atoms with Crippen molar-refractivity contribution in [2.24, 2.45) is 0 Å². The lowest BCUT2D eigenvalue weighted by molar-refractivity contribution is -0.143. The second-order valence-corrected chi connectivity index (χ2v) is 19.3. The molecule has 0 radical (unpaired) electrons. The quantitative estimate of drug-likeness (QED) is 0.0321. The van der Waals surface area contributed by atoms with E-state index in [4.69, 9.17) is 4.74 Å². The Morgan fingerprint density at radius 2 is 0.812 bits per heavy atom. The first-order valence-corrected chi connectivity index (χ1v) is 28.3. The Kier molecular flexibility index (Phi) is 52.1. The van der Waals surface area contributed by atoms with Crippen molar-refractivity contribution in [2.75, 3.05) is 13.2 Å². The number of nitrogens with one attached hydrogen (secondary N) is 1. The Labute approximate surface area is 398 Å². The number of aliphatic hydroxyl groups excluding tert-OH is 2. The van der Waals surface area contributed by atoms with E-state index in [9.17, 15) is 19.8 Å². The normalized spacial score (nSPS) is 12.9. The summed E-state index contributed by atoms with van der Waals surface area (Å²) in [5.41, 5.74) is 0. The van der Waals surface area contributed by atoms with Crippen LogP contribution in [-0.4, -0.2) is 47.4 Å². The number of carbonyl (C=O) groups excluding carboxylic acids is 2. The number of ether oxygens (including phenoxy) is 1. The van der Waals surface area contributed by atoms with Gasteiger partial charge in [-0.2, -0.15) is 0 Å². The van der Waals surface area contributed by atoms with E-state index >= 15 is 0 Å². The van der Waals surface area contributed by atoms with Crippen LogP contribution in [0.3, 0.4) is 0 Å². The lowest BCUT2D eigenvalue weighted by atomic mass is 10.0. The van der Waals surface area contributed by atoms with Crippen molar-refractivity contribution in [2.45, 2.75) is 309 Å². The summed E-state index contributed by atoms with van der Waals surface area (Å²) in [5.74, 6) is -0.0963. The summed E-state index contributed by atoms with van der Waals surface area (Å²) >= 11 is 0. The highest BCUT2D eigenvalue weighted by Crippen LogP contribution is 2.17. The molecular formula is C58H109NO5. The van der Waals surface area contributed by atoms with Crippen molar-refractivity contribution in [1.82, 2.24) is 5.32 Å². The van der Waals surface area contributed by atoms with Gasteiger partial charge in [0.1, 0.15) is 0 Å². The number of esters is 1. The van der Waals surface area contributed by atoms with E-state index < -0.39 is 12.1 Å². The van der Waals surface area contributed by atoms with Gasteiger partial charge in [-0.25, -0.2) is 0 Å². The van der Waals surface area contributed by atoms with Crippen LogP contribution in [-0.2, 0) is 14.3 Å². The Bertz CT molecular complexity index is 1040. The van der Waals surface area contributed by atoms with Crippen LogP contribution in [0.5, 0.6) is 0 Å². The molecule has 1 amide bonds. The third kappa shape index (κ3) is 49.5. The third-order valence-corrected chi connectivity index (χ3v) is 12.9. The minimum Gasteiger partial charge on any atom is -0.466 e. The van der Waals surface area contributed by atoms with Gasteiger partial charge in [0.25, 0.3) is 0 Å². The van der Waals surface area contributed by atoms with Gasteiger partial charge < -0.3 is 20.3 Å². The maximum atomic E-state index is 12.5.